The number of ether oxygens (including phenoxy) is 1. The fourth-order valence-electron chi connectivity index (χ4n) is 3.48. The third-order valence-corrected chi connectivity index (χ3v) is 5.09. The Hall–Kier alpha value is -2.64. The van der Waals surface area contributed by atoms with Crippen LogP contribution in [0.15, 0.2) is 53.1 Å². The van der Waals surface area contributed by atoms with Crippen molar-refractivity contribution >= 4 is 11.8 Å². The predicted octanol–water partition coefficient (Wildman–Crippen LogP) is 1.98. The lowest BCUT2D eigenvalue weighted by Crippen LogP contribution is -2.52. The lowest BCUT2D eigenvalue weighted by Gasteiger charge is -2.34. The van der Waals surface area contributed by atoms with Crippen LogP contribution in [-0.2, 0) is 16.0 Å². The molecule has 1 aliphatic rings. The number of nitrogens with one attached hydrogen (secondary N) is 1. The number of hydrogen-bond acceptors (Lipinski definition) is 5. The van der Waals surface area contributed by atoms with Crippen LogP contribution < -0.4 is 11.1 Å². The molecule has 1 saturated heterocycles. The van der Waals surface area contributed by atoms with E-state index in [1.165, 1.54) is 6.26 Å². The Morgan fingerprint density at radius 3 is 2.59 bits per heavy atom. The second-order valence-electron chi connectivity index (χ2n) is 7.23. The molecule has 2 amide bonds. The van der Waals surface area contributed by atoms with Crippen molar-refractivity contribution in [2.45, 2.75) is 37.8 Å². The molecule has 0 spiro atoms. The first kappa shape index (κ1) is 21.1. The minimum absolute atomic E-state index is 0.0748. The van der Waals surface area contributed by atoms with E-state index in [0.717, 1.165) is 24.8 Å². The average molecular weight is 399 g/mol. The van der Waals surface area contributed by atoms with E-state index in [0.29, 0.717) is 32.7 Å². The van der Waals surface area contributed by atoms with Crippen molar-refractivity contribution < 1.29 is 18.7 Å². The highest BCUT2D eigenvalue weighted by molar-refractivity contribution is 5.95. The zero-order valence-corrected chi connectivity index (χ0v) is 16.6. The summed E-state index contributed by atoms with van der Waals surface area (Å²) in [7, 11) is 0. The number of nitrogens with zero attached hydrogens (tertiary/aromatic N) is 1. The summed E-state index contributed by atoms with van der Waals surface area (Å²) < 4.78 is 11.0. The Bertz CT molecular complexity index is 756. The molecule has 7 heteroatoms. The first-order valence-electron chi connectivity index (χ1n) is 10.2. The molecule has 3 N–H and O–H groups in total. The molecule has 2 aromatic rings. The topological polar surface area (TPSA) is 97.8 Å². The van der Waals surface area contributed by atoms with Gasteiger partial charge in [-0.1, -0.05) is 30.3 Å². The molecule has 1 unspecified atom stereocenters. The van der Waals surface area contributed by atoms with E-state index in [9.17, 15) is 9.59 Å². The van der Waals surface area contributed by atoms with Crippen LogP contribution in [0.3, 0.4) is 0 Å². The molecular formula is C22H29N3O4. The Balaban J connectivity index is 1.62. The zero-order valence-electron chi connectivity index (χ0n) is 16.6. The van der Waals surface area contributed by atoms with Crippen LogP contribution in [0.25, 0.3) is 0 Å². The van der Waals surface area contributed by atoms with Crippen LogP contribution in [0.4, 0.5) is 0 Å². The van der Waals surface area contributed by atoms with Gasteiger partial charge in [0.1, 0.15) is 6.04 Å². The molecule has 29 heavy (non-hydrogen) atoms. The van der Waals surface area contributed by atoms with E-state index in [1.54, 1.807) is 12.1 Å². The number of amides is 2. The smallest absolute Gasteiger partial charge is 0.287 e. The number of furan rings is 1. The summed E-state index contributed by atoms with van der Waals surface area (Å²) in [6.45, 7) is 2.51. The molecule has 0 aliphatic carbocycles. The fourth-order valence-corrected chi connectivity index (χ4v) is 3.48. The fraction of sp³-hybridized carbons (Fsp3) is 0.455. The first-order chi connectivity index (χ1) is 14.2. The third-order valence-electron chi connectivity index (χ3n) is 5.09. The summed E-state index contributed by atoms with van der Waals surface area (Å²) in [5.74, 6) is -0.263. The SMILES string of the molecule is NCCCOC1CCN(C(=O)C(Cc2ccccc2)NC(=O)c2ccco2)CC1. The van der Waals surface area contributed by atoms with Gasteiger partial charge in [-0.15, -0.1) is 0 Å². The molecule has 0 radical (unpaired) electrons. The number of benzene rings is 1. The van der Waals surface area contributed by atoms with Gasteiger partial charge in [0.2, 0.25) is 5.91 Å². The minimum Gasteiger partial charge on any atom is -0.459 e. The minimum atomic E-state index is -0.648. The van der Waals surface area contributed by atoms with Crippen LogP contribution in [-0.4, -0.2) is 55.1 Å². The van der Waals surface area contributed by atoms with E-state index in [2.05, 4.69) is 5.32 Å². The number of carbonyl (C=O) groups is 2. The van der Waals surface area contributed by atoms with Gasteiger partial charge in [0.05, 0.1) is 12.4 Å². The van der Waals surface area contributed by atoms with Crippen LogP contribution in [0, 0.1) is 0 Å². The third kappa shape index (κ3) is 6.17. The Morgan fingerprint density at radius 2 is 1.93 bits per heavy atom. The normalized spacial score (nSPS) is 15.8. The Morgan fingerprint density at radius 1 is 1.17 bits per heavy atom. The number of likely N-dealkylation sites (tertiary alicyclic amines) is 1. The van der Waals surface area contributed by atoms with Crippen LogP contribution >= 0.6 is 0 Å². The second-order valence-corrected chi connectivity index (χ2v) is 7.23. The Labute approximate surface area is 171 Å². The van der Waals surface area contributed by atoms with Crippen molar-refractivity contribution in [1.82, 2.24) is 10.2 Å². The molecule has 1 aliphatic heterocycles. The maximum Gasteiger partial charge on any atom is 0.287 e. The first-order valence-corrected chi connectivity index (χ1v) is 10.2. The second kappa shape index (κ2) is 10.8. The number of piperidine rings is 1. The largest absolute Gasteiger partial charge is 0.459 e. The number of nitrogens with two attached hydrogens (primary N) is 1. The summed E-state index contributed by atoms with van der Waals surface area (Å²) in [4.78, 5) is 27.5. The van der Waals surface area contributed by atoms with Gasteiger partial charge in [-0.3, -0.25) is 9.59 Å². The van der Waals surface area contributed by atoms with Gasteiger partial charge in [0.15, 0.2) is 5.76 Å². The molecule has 0 saturated carbocycles. The Kier molecular flexibility index (Phi) is 7.84. The monoisotopic (exact) mass is 399 g/mol. The molecule has 0 bridgehead atoms. The van der Waals surface area contributed by atoms with Gasteiger partial charge in [0, 0.05) is 26.1 Å². The van der Waals surface area contributed by atoms with Crippen molar-refractivity contribution in [3.8, 4) is 0 Å². The van der Waals surface area contributed by atoms with E-state index in [4.69, 9.17) is 14.9 Å². The summed E-state index contributed by atoms with van der Waals surface area (Å²) in [5, 5.41) is 2.85. The molecule has 1 aromatic carbocycles. The van der Waals surface area contributed by atoms with Crippen molar-refractivity contribution in [2.24, 2.45) is 5.73 Å². The maximum absolute atomic E-state index is 13.2. The molecule has 1 fully saturated rings. The standard InChI is InChI=1S/C22H29N3O4/c23-11-5-15-28-18-9-12-25(13-10-18)22(27)19(16-17-6-2-1-3-7-17)24-21(26)20-8-4-14-29-20/h1-4,6-8,14,18-19H,5,9-13,15-16,23H2,(H,24,26). The van der Waals surface area contributed by atoms with E-state index in [-0.39, 0.29) is 23.7 Å². The van der Waals surface area contributed by atoms with Crippen LogP contribution in [0.1, 0.15) is 35.4 Å². The van der Waals surface area contributed by atoms with E-state index >= 15 is 0 Å². The van der Waals surface area contributed by atoms with Gasteiger partial charge in [0.25, 0.3) is 5.91 Å². The number of carbonyl (C=O) groups excluding carboxylic acids is 2. The van der Waals surface area contributed by atoms with Gasteiger partial charge >= 0.3 is 0 Å². The zero-order chi connectivity index (χ0) is 20.5. The average Bonchev–Trinajstić information content (AvgIpc) is 3.29. The number of rotatable bonds is 9. The van der Waals surface area contributed by atoms with Crippen molar-refractivity contribution in [3.05, 3.63) is 60.1 Å². The van der Waals surface area contributed by atoms with Gasteiger partial charge in [-0.25, -0.2) is 0 Å². The predicted molar refractivity (Wildman–Crippen MR) is 109 cm³/mol. The van der Waals surface area contributed by atoms with Crippen LogP contribution in [0.2, 0.25) is 0 Å². The van der Waals surface area contributed by atoms with Gasteiger partial charge in [-0.2, -0.15) is 0 Å². The molecular weight excluding hydrogens is 370 g/mol. The molecule has 156 valence electrons. The summed E-state index contributed by atoms with van der Waals surface area (Å²) in [5.41, 5.74) is 6.49. The molecule has 1 atom stereocenters. The highest BCUT2D eigenvalue weighted by atomic mass is 16.5. The molecule has 2 heterocycles. The highest BCUT2D eigenvalue weighted by Crippen LogP contribution is 2.16. The van der Waals surface area contributed by atoms with Crippen LogP contribution in [0.5, 0.6) is 0 Å². The molecule has 7 nitrogen and oxygen atoms in total. The van der Waals surface area contributed by atoms with Crippen molar-refractivity contribution in [3.63, 3.8) is 0 Å². The van der Waals surface area contributed by atoms with Crippen molar-refractivity contribution in [1.29, 1.82) is 0 Å². The lowest BCUT2D eigenvalue weighted by molar-refractivity contribution is -0.135. The van der Waals surface area contributed by atoms with E-state index in [1.807, 2.05) is 35.2 Å². The molecule has 3 rings (SSSR count). The highest BCUT2D eigenvalue weighted by Gasteiger charge is 2.30. The maximum atomic E-state index is 13.2. The lowest BCUT2D eigenvalue weighted by atomic mass is 10.0. The quantitative estimate of drug-likeness (QED) is 0.629. The summed E-state index contributed by atoms with van der Waals surface area (Å²) >= 11 is 0. The summed E-state index contributed by atoms with van der Waals surface area (Å²) in [6, 6.07) is 12.3. The van der Waals surface area contributed by atoms with Gasteiger partial charge < -0.3 is 25.1 Å². The van der Waals surface area contributed by atoms with E-state index < -0.39 is 6.04 Å². The van der Waals surface area contributed by atoms with Gasteiger partial charge in [-0.05, 0) is 43.5 Å². The molecule has 1 aromatic heterocycles. The summed E-state index contributed by atoms with van der Waals surface area (Å²) in [6.07, 6.45) is 4.46. The number of hydrogen-bond donors (Lipinski definition) is 2. The van der Waals surface area contributed by atoms with Crippen molar-refractivity contribution in [2.75, 3.05) is 26.2 Å².